The zero-order valence-electron chi connectivity index (χ0n) is 13.6. The Balaban J connectivity index is 2.04. The highest BCUT2D eigenvalue weighted by Crippen LogP contribution is 2.54. The summed E-state index contributed by atoms with van der Waals surface area (Å²) in [6.07, 6.45) is 0. The van der Waals surface area contributed by atoms with E-state index in [1.54, 1.807) is 18.2 Å². The van der Waals surface area contributed by atoms with Crippen LogP contribution in [0.1, 0.15) is 5.56 Å². The number of nitrogens with zero attached hydrogens (tertiary/aromatic N) is 2. The van der Waals surface area contributed by atoms with Gasteiger partial charge in [0.15, 0.2) is 5.84 Å². The van der Waals surface area contributed by atoms with E-state index in [0.29, 0.717) is 5.84 Å². The van der Waals surface area contributed by atoms with Crippen molar-refractivity contribution >= 4 is 31.8 Å². The molecule has 0 radical (unpaired) electrons. The van der Waals surface area contributed by atoms with Crippen LogP contribution in [-0.2, 0) is 18.4 Å². The van der Waals surface area contributed by atoms with Gasteiger partial charge in [0, 0.05) is 5.56 Å². The van der Waals surface area contributed by atoms with E-state index in [1.807, 2.05) is 30.3 Å². The van der Waals surface area contributed by atoms with Crippen molar-refractivity contribution in [2.75, 3.05) is 14.2 Å². The average Bonchev–Trinajstić information content (AvgIpc) is 3.01. The molecule has 0 amide bonds. The minimum absolute atomic E-state index is 0.0280. The summed E-state index contributed by atoms with van der Waals surface area (Å²) < 4.78 is 44.3. The van der Waals surface area contributed by atoms with E-state index in [2.05, 4.69) is 14.1 Å². The number of benzene rings is 2. The number of hydrogen-bond donors (Lipinski definition) is 1. The van der Waals surface area contributed by atoms with Gasteiger partial charge in [-0.15, -0.1) is 8.80 Å². The third-order valence-electron chi connectivity index (χ3n) is 3.42. The van der Waals surface area contributed by atoms with E-state index in [-0.39, 0.29) is 10.1 Å². The van der Waals surface area contributed by atoms with Gasteiger partial charge in [-0.05, 0) is 22.9 Å². The largest absolute Gasteiger partial charge is 0.307 e. The lowest BCUT2D eigenvalue weighted by molar-refractivity contribution is 0.359. The number of rotatable bonds is 5. The maximum Gasteiger partial charge on any atom is 0.285 e. The third-order valence-corrected chi connectivity index (χ3v) is 6.84. The summed E-state index contributed by atoms with van der Waals surface area (Å²) in [6.45, 7) is 0. The number of nitrogens with one attached hydrogen (secondary N) is 1. The summed E-state index contributed by atoms with van der Waals surface area (Å²) in [5.41, 5.74) is 0.774. The van der Waals surface area contributed by atoms with Crippen molar-refractivity contribution < 1.29 is 16.8 Å². The molecule has 0 aliphatic carbocycles. The molecule has 0 saturated heterocycles. The van der Waals surface area contributed by atoms with Crippen LogP contribution in [0.25, 0.3) is 0 Å². The lowest BCUT2D eigenvalue weighted by Crippen LogP contribution is -2.28. The van der Waals surface area contributed by atoms with E-state index in [0.717, 1.165) is 5.56 Å². The van der Waals surface area contributed by atoms with E-state index in [9.17, 15) is 8.42 Å². The molecule has 1 heterocycles. The van der Waals surface area contributed by atoms with E-state index < -0.39 is 20.8 Å². The van der Waals surface area contributed by atoms with Crippen LogP contribution in [0, 0.1) is 0 Å². The lowest BCUT2D eigenvalue weighted by Gasteiger charge is -2.30. The van der Waals surface area contributed by atoms with Crippen LogP contribution in [0.4, 0.5) is 0 Å². The monoisotopic (exact) mass is 379 g/mol. The Kier molecular flexibility index (Phi) is 4.91. The first-order chi connectivity index (χ1) is 12.0. The summed E-state index contributed by atoms with van der Waals surface area (Å²) >= 11 is 0. The summed E-state index contributed by atoms with van der Waals surface area (Å²) in [7, 11) is -3.79. The molecule has 1 aliphatic heterocycles. The molecule has 0 atom stereocenters. The van der Waals surface area contributed by atoms with E-state index in [4.69, 9.17) is 8.37 Å². The quantitative estimate of drug-likeness (QED) is 0.863. The molecule has 2 aromatic rings. The highest BCUT2D eigenvalue weighted by molar-refractivity contribution is 8.38. The molecule has 2 aromatic carbocycles. The molecule has 132 valence electrons. The number of hydrogen-bond acceptors (Lipinski definition) is 5. The van der Waals surface area contributed by atoms with Crippen molar-refractivity contribution in [3.63, 3.8) is 0 Å². The molecule has 0 aromatic heterocycles. The van der Waals surface area contributed by atoms with Crippen molar-refractivity contribution in [3.05, 3.63) is 66.2 Å². The number of amidine groups is 2. The van der Waals surface area contributed by atoms with Gasteiger partial charge in [-0.3, -0.25) is 8.37 Å². The normalized spacial score (nSPS) is 19.3. The molecule has 7 nitrogen and oxygen atoms in total. The fourth-order valence-corrected chi connectivity index (χ4v) is 5.04. The predicted octanol–water partition coefficient (Wildman–Crippen LogP) is 2.62. The van der Waals surface area contributed by atoms with Crippen molar-refractivity contribution in [1.29, 1.82) is 0 Å². The van der Waals surface area contributed by atoms with Crippen molar-refractivity contribution in [2.45, 2.75) is 4.90 Å². The SMILES string of the molecule is COS1(OC)N=C(c2ccccc2)N/C1=N\S(=O)(=O)c1ccccc1. The van der Waals surface area contributed by atoms with Gasteiger partial charge in [-0.2, -0.15) is 8.42 Å². The maximum absolute atomic E-state index is 12.6. The van der Waals surface area contributed by atoms with Crippen LogP contribution in [0.5, 0.6) is 0 Å². The topological polar surface area (TPSA) is 89.3 Å². The molecule has 1 aliphatic rings. The molecule has 1 N–H and O–H groups in total. The Hall–Kier alpha value is -2.20. The Morgan fingerprint density at radius 1 is 0.960 bits per heavy atom. The van der Waals surface area contributed by atoms with Gasteiger partial charge in [0.05, 0.1) is 19.1 Å². The fraction of sp³-hybridized carbons (Fsp3) is 0.125. The molecule has 0 spiro atoms. The minimum Gasteiger partial charge on any atom is -0.307 e. The molecule has 3 rings (SSSR count). The lowest BCUT2D eigenvalue weighted by atomic mass is 10.2. The highest BCUT2D eigenvalue weighted by atomic mass is 32.3. The smallest absolute Gasteiger partial charge is 0.285 e. The summed E-state index contributed by atoms with van der Waals surface area (Å²) in [5.74, 6) is 0.446. The van der Waals surface area contributed by atoms with Gasteiger partial charge in [0.25, 0.3) is 15.2 Å². The van der Waals surface area contributed by atoms with Crippen molar-refractivity contribution in [3.8, 4) is 0 Å². The predicted molar refractivity (Wildman–Crippen MR) is 98.8 cm³/mol. The first-order valence-electron chi connectivity index (χ1n) is 7.28. The van der Waals surface area contributed by atoms with Crippen LogP contribution >= 0.6 is 10.8 Å². The molecule has 9 heteroatoms. The first kappa shape index (κ1) is 17.6. The average molecular weight is 379 g/mol. The second-order valence-corrected chi connectivity index (χ2v) is 8.71. The van der Waals surface area contributed by atoms with Gasteiger partial charge < -0.3 is 5.32 Å². The van der Waals surface area contributed by atoms with Gasteiger partial charge in [-0.25, -0.2) is 0 Å². The second kappa shape index (κ2) is 6.96. The van der Waals surface area contributed by atoms with Crippen molar-refractivity contribution in [1.82, 2.24) is 5.32 Å². The van der Waals surface area contributed by atoms with E-state index in [1.165, 1.54) is 26.4 Å². The zero-order valence-corrected chi connectivity index (χ0v) is 15.3. The molecule has 0 fully saturated rings. The Morgan fingerprint density at radius 3 is 2.08 bits per heavy atom. The second-order valence-electron chi connectivity index (χ2n) is 4.92. The maximum atomic E-state index is 12.6. The standard InChI is InChI=1S/C16H17N3O4S2/c1-22-25(23-2)16(17-15(18-25)13-9-5-3-6-10-13)19-24(20,21)14-11-7-4-8-12-14/h3-12H,1-2H3,(H,17,18,19). The third kappa shape index (κ3) is 3.45. The summed E-state index contributed by atoms with van der Waals surface area (Å²) in [5, 5.41) is 2.96. The minimum atomic E-state index is -3.93. The van der Waals surface area contributed by atoms with Gasteiger partial charge in [0.2, 0.25) is 0 Å². The highest BCUT2D eigenvalue weighted by Gasteiger charge is 2.36. The molecular weight excluding hydrogens is 362 g/mol. The molecule has 0 unspecified atom stereocenters. The van der Waals surface area contributed by atoms with Crippen LogP contribution < -0.4 is 5.32 Å². The molecule has 0 bridgehead atoms. The molecule has 25 heavy (non-hydrogen) atoms. The number of sulfonamides is 1. The van der Waals surface area contributed by atoms with Crippen LogP contribution in [0.15, 0.2) is 74.4 Å². The molecular formula is C16H17N3O4S2. The Labute approximate surface area is 148 Å². The fourth-order valence-electron chi connectivity index (χ4n) is 2.20. The zero-order chi connectivity index (χ0) is 17.9. The van der Waals surface area contributed by atoms with Gasteiger partial charge in [-0.1, -0.05) is 48.5 Å². The van der Waals surface area contributed by atoms with Crippen LogP contribution in [-0.4, -0.2) is 33.6 Å². The van der Waals surface area contributed by atoms with Crippen LogP contribution in [0.3, 0.4) is 0 Å². The van der Waals surface area contributed by atoms with E-state index >= 15 is 0 Å². The summed E-state index contributed by atoms with van der Waals surface area (Å²) in [6, 6.07) is 17.2. The Bertz CT molecular complexity index is 909. The Morgan fingerprint density at radius 2 is 1.52 bits per heavy atom. The van der Waals surface area contributed by atoms with Gasteiger partial charge in [0.1, 0.15) is 0 Å². The van der Waals surface area contributed by atoms with Crippen molar-refractivity contribution in [2.24, 2.45) is 8.80 Å². The van der Waals surface area contributed by atoms with Crippen LogP contribution in [0.2, 0.25) is 0 Å². The summed E-state index contributed by atoms with van der Waals surface area (Å²) in [4.78, 5) is 0.0815. The molecule has 0 saturated carbocycles. The first-order valence-corrected chi connectivity index (χ1v) is 10.2. The van der Waals surface area contributed by atoms with Gasteiger partial charge >= 0.3 is 0 Å².